The van der Waals surface area contributed by atoms with Crippen LogP contribution in [0.15, 0.2) is 18.2 Å². The van der Waals surface area contributed by atoms with Crippen LogP contribution in [-0.2, 0) is 0 Å². The number of hydrogen-bond acceptors (Lipinski definition) is 3. The van der Waals surface area contributed by atoms with Gasteiger partial charge in [-0.25, -0.2) is 0 Å². The average molecular weight is 286 g/mol. The van der Waals surface area contributed by atoms with Crippen LogP contribution in [0.25, 0.3) is 0 Å². The second kappa shape index (κ2) is 7.73. The fourth-order valence-electron chi connectivity index (χ4n) is 1.73. The molecule has 0 aliphatic rings. The quantitative estimate of drug-likeness (QED) is 0.805. The van der Waals surface area contributed by atoms with E-state index in [1.54, 1.807) is 6.92 Å². The van der Waals surface area contributed by atoms with Crippen LogP contribution in [0.3, 0.4) is 0 Å². The minimum Gasteiger partial charge on any atom is -0.488 e. The van der Waals surface area contributed by atoms with E-state index in [1.165, 1.54) is 0 Å². The Bertz CT molecular complexity index is 396. The first-order valence-electron chi connectivity index (χ1n) is 6.83. The van der Waals surface area contributed by atoms with Crippen molar-refractivity contribution in [2.75, 3.05) is 6.54 Å². The number of halogens is 1. The summed E-state index contributed by atoms with van der Waals surface area (Å²) in [5.41, 5.74) is 1.02. The summed E-state index contributed by atoms with van der Waals surface area (Å²) in [4.78, 5) is 0. The van der Waals surface area contributed by atoms with E-state index in [0.29, 0.717) is 5.02 Å². The van der Waals surface area contributed by atoms with Crippen LogP contribution in [0, 0.1) is 0 Å². The Morgan fingerprint density at radius 1 is 1.32 bits per heavy atom. The van der Waals surface area contributed by atoms with Crippen molar-refractivity contribution in [1.82, 2.24) is 5.32 Å². The van der Waals surface area contributed by atoms with E-state index < -0.39 is 6.10 Å². The van der Waals surface area contributed by atoms with Crippen LogP contribution in [0.2, 0.25) is 5.02 Å². The molecule has 0 saturated carbocycles. The monoisotopic (exact) mass is 285 g/mol. The summed E-state index contributed by atoms with van der Waals surface area (Å²) in [6.45, 7) is 8.73. The molecule has 0 fully saturated rings. The SMILES string of the molecule is CCCNC(C)c1cc(Cl)ccc1OC(C)C(C)O. The number of aliphatic hydroxyl groups is 1. The summed E-state index contributed by atoms with van der Waals surface area (Å²) >= 11 is 6.06. The fraction of sp³-hybridized carbons (Fsp3) is 0.600. The fourth-order valence-corrected chi connectivity index (χ4v) is 1.92. The van der Waals surface area contributed by atoms with Crippen molar-refractivity contribution in [2.24, 2.45) is 0 Å². The van der Waals surface area contributed by atoms with Gasteiger partial charge in [0.25, 0.3) is 0 Å². The molecule has 0 saturated heterocycles. The molecule has 108 valence electrons. The Kier molecular flexibility index (Phi) is 6.63. The van der Waals surface area contributed by atoms with Gasteiger partial charge in [0.2, 0.25) is 0 Å². The van der Waals surface area contributed by atoms with Gasteiger partial charge < -0.3 is 15.2 Å². The van der Waals surface area contributed by atoms with Crippen molar-refractivity contribution in [2.45, 2.75) is 52.4 Å². The van der Waals surface area contributed by atoms with Gasteiger partial charge in [-0.2, -0.15) is 0 Å². The Hall–Kier alpha value is -0.770. The number of hydrogen-bond donors (Lipinski definition) is 2. The van der Waals surface area contributed by atoms with E-state index in [0.717, 1.165) is 24.3 Å². The molecular formula is C15H24ClNO2. The molecule has 0 aliphatic carbocycles. The average Bonchev–Trinajstić information content (AvgIpc) is 2.37. The highest BCUT2D eigenvalue weighted by Gasteiger charge is 2.16. The first kappa shape index (κ1) is 16.3. The first-order valence-corrected chi connectivity index (χ1v) is 7.21. The smallest absolute Gasteiger partial charge is 0.124 e. The zero-order valence-electron chi connectivity index (χ0n) is 12.1. The minimum atomic E-state index is -0.512. The third kappa shape index (κ3) is 5.01. The highest BCUT2D eigenvalue weighted by molar-refractivity contribution is 6.30. The molecule has 3 atom stereocenters. The van der Waals surface area contributed by atoms with Gasteiger partial charge in [-0.15, -0.1) is 0 Å². The van der Waals surface area contributed by atoms with Crippen molar-refractivity contribution in [3.8, 4) is 5.75 Å². The summed E-state index contributed by atoms with van der Waals surface area (Å²) in [6.07, 6.45) is 0.311. The molecule has 2 N–H and O–H groups in total. The van der Waals surface area contributed by atoms with E-state index in [-0.39, 0.29) is 12.1 Å². The lowest BCUT2D eigenvalue weighted by Crippen LogP contribution is -2.27. The van der Waals surface area contributed by atoms with Gasteiger partial charge in [-0.05, 0) is 51.9 Å². The highest BCUT2D eigenvalue weighted by atomic mass is 35.5. The number of aliphatic hydroxyl groups excluding tert-OH is 1. The topological polar surface area (TPSA) is 41.5 Å². The Morgan fingerprint density at radius 2 is 2.00 bits per heavy atom. The van der Waals surface area contributed by atoms with E-state index >= 15 is 0 Å². The molecule has 0 aliphatic heterocycles. The molecule has 19 heavy (non-hydrogen) atoms. The second-order valence-corrected chi connectivity index (χ2v) is 5.36. The molecule has 1 aromatic carbocycles. The van der Waals surface area contributed by atoms with E-state index in [1.807, 2.05) is 25.1 Å². The molecule has 0 heterocycles. The number of nitrogens with one attached hydrogen (secondary N) is 1. The standard InChI is InChI=1S/C15H24ClNO2/c1-5-8-17-10(2)14-9-13(16)6-7-15(14)19-12(4)11(3)18/h6-7,9-12,17-18H,5,8H2,1-4H3. The van der Waals surface area contributed by atoms with Gasteiger partial charge in [-0.3, -0.25) is 0 Å². The highest BCUT2D eigenvalue weighted by Crippen LogP contribution is 2.29. The molecule has 3 unspecified atom stereocenters. The molecular weight excluding hydrogens is 262 g/mol. The summed E-state index contributed by atoms with van der Waals surface area (Å²) in [5, 5.41) is 13.7. The molecule has 3 nitrogen and oxygen atoms in total. The van der Waals surface area contributed by atoms with Crippen LogP contribution < -0.4 is 10.1 Å². The summed E-state index contributed by atoms with van der Waals surface area (Å²) < 4.78 is 5.81. The molecule has 0 aromatic heterocycles. The van der Waals surface area contributed by atoms with E-state index in [2.05, 4.69) is 19.2 Å². The lowest BCUT2D eigenvalue weighted by molar-refractivity contribution is 0.0595. The van der Waals surface area contributed by atoms with E-state index in [9.17, 15) is 5.11 Å². The van der Waals surface area contributed by atoms with Gasteiger partial charge in [0, 0.05) is 16.6 Å². The number of rotatable bonds is 7. The van der Waals surface area contributed by atoms with Gasteiger partial charge in [0.15, 0.2) is 0 Å². The Balaban J connectivity index is 2.90. The molecule has 0 radical (unpaired) electrons. The Labute approximate surface area is 120 Å². The summed E-state index contributed by atoms with van der Waals surface area (Å²) in [5.74, 6) is 0.772. The molecule has 0 bridgehead atoms. The summed E-state index contributed by atoms with van der Waals surface area (Å²) in [6, 6.07) is 5.75. The van der Waals surface area contributed by atoms with Crippen molar-refractivity contribution in [3.63, 3.8) is 0 Å². The lowest BCUT2D eigenvalue weighted by Gasteiger charge is -2.23. The molecule has 1 rings (SSSR count). The second-order valence-electron chi connectivity index (χ2n) is 4.92. The van der Waals surface area contributed by atoms with Crippen LogP contribution in [0.4, 0.5) is 0 Å². The molecule has 1 aromatic rings. The maximum absolute atomic E-state index is 9.54. The lowest BCUT2D eigenvalue weighted by atomic mass is 10.1. The van der Waals surface area contributed by atoms with Gasteiger partial charge in [-0.1, -0.05) is 18.5 Å². The third-order valence-corrected chi connectivity index (χ3v) is 3.37. The maximum Gasteiger partial charge on any atom is 0.124 e. The zero-order valence-corrected chi connectivity index (χ0v) is 12.9. The normalized spacial score (nSPS) is 15.9. The van der Waals surface area contributed by atoms with Crippen molar-refractivity contribution in [1.29, 1.82) is 0 Å². The zero-order chi connectivity index (χ0) is 14.4. The third-order valence-electron chi connectivity index (χ3n) is 3.13. The predicted molar refractivity (Wildman–Crippen MR) is 79.9 cm³/mol. The minimum absolute atomic E-state index is 0.162. The van der Waals surface area contributed by atoms with E-state index in [4.69, 9.17) is 16.3 Å². The van der Waals surface area contributed by atoms with Gasteiger partial charge in [0.1, 0.15) is 11.9 Å². The molecule has 0 spiro atoms. The van der Waals surface area contributed by atoms with Crippen LogP contribution >= 0.6 is 11.6 Å². The van der Waals surface area contributed by atoms with Crippen LogP contribution in [-0.4, -0.2) is 23.9 Å². The largest absolute Gasteiger partial charge is 0.488 e. The van der Waals surface area contributed by atoms with Crippen LogP contribution in [0.1, 0.15) is 45.7 Å². The van der Waals surface area contributed by atoms with Gasteiger partial charge >= 0.3 is 0 Å². The first-order chi connectivity index (χ1) is 8.95. The van der Waals surface area contributed by atoms with Crippen molar-refractivity contribution < 1.29 is 9.84 Å². The van der Waals surface area contributed by atoms with Crippen molar-refractivity contribution in [3.05, 3.63) is 28.8 Å². The van der Waals surface area contributed by atoms with Gasteiger partial charge in [0.05, 0.1) is 6.10 Å². The summed E-state index contributed by atoms with van der Waals surface area (Å²) in [7, 11) is 0. The molecule has 0 amide bonds. The van der Waals surface area contributed by atoms with Crippen LogP contribution in [0.5, 0.6) is 5.75 Å². The Morgan fingerprint density at radius 3 is 2.58 bits per heavy atom. The van der Waals surface area contributed by atoms with Crippen molar-refractivity contribution >= 4 is 11.6 Å². The number of ether oxygens (including phenoxy) is 1. The number of benzene rings is 1. The maximum atomic E-state index is 9.54. The predicted octanol–water partition coefficient (Wildman–Crippen LogP) is 3.55. The molecule has 4 heteroatoms.